The van der Waals surface area contributed by atoms with Gasteiger partial charge in [-0.05, 0) is 52.7 Å². The summed E-state index contributed by atoms with van der Waals surface area (Å²) in [6, 6.07) is 6.91. The summed E-state index contributed by atoms with van der Waals surface area (Å²) in [5.41, 5.74) is 8.63. The molecular weight excluding hydrogens is 294 g/mol. The Hall–Kier alpha value is -1.88. The van der Waals surface area contributed by atoms with E-state index in [9.17, 15) is 4.79 Å². The van der Waals surface area contributed by atoms with Crippen molar-refractivity contribution in [1.82, 2.24) is 4.98 Å². The summed E-state index contributed by atoms with van der Waals surface area (Å²) in [5, 5.41) is 2.80. The lowest BCUT2D eigenvalue weighted by Gasteiger charge is -2.10. The molecule has 0 bridgehead atoms. The van der Waals surface area contributed by atoms with Crippen molar-refractivity contribution in [3.8, 4) is 0 Å². The molecule has 0 aliphatic heterocycles. The van der Waals surface area contributed by atoms with Gasteiger partial charge in [-0.1, -0.05) is 0 Å². The van der Waals surface area contributed by atoms with Crippen molar-refractivity contribution in [3.63, 3.8) is 0 Å². The minimum absolute atomic E-state index is 0.193. The number of nitrogens with two attached hydrogens (primary N) is 1. The number of rotatable bonds is 2. The van der Waals surface area contributed by atoms with E-state index in [0.29, 0.717) is 16.9 Å². The van der Waals surface area contributed by atoms with Gasteiger partial charge >= 0.3 is 0 Å². The molecule has 0 saturated carbocycles. The average Bonchev–Trinajstić information content (AvgIpc) is 2.37. The molecule has 0 spiro atoms. The first-order chi connectivity index (χ1) is 8.58. The third-order valence-corrected chi connectivity index (χ3v) is 3.20. The van der Waals surface area contributed by atoms with E-state index in [4.69, 9.17) is 5.73 Å². The minimum atomic E-state index is -0.193. The van der Waals surface area contributed by atoms with Crippen LogP contribution in [0.1, 0.15) is 15.9 Å². The number of pyridine rings is 1. The van der Waals surface area contributed by atoms with Crippen molar-refractivity contribution in [2.75, 3.05) is 11.1 Å². The third kappa shape index (κ3) is 2.68. The van der Waals surface area contributed by atoms with Crippen LogP contribution in [0.4, 0.5) is 11.4 Å². The highest BCUT2D eigenvalue weighted by Gasteiger charge is 2.09. The Balaban J connectivity index is 2.25. The molecule has 0 radical (unpaired) electrons. The highest BCUT2D eigenvalue weighted by molar-refractivity contribution is 9.10. The number of halogens is 1. The summed E-state index contributed by atoms with van der Waals surface area (Å²) in [7, 11) is 0. The second-order valence-electron chi connectivity index (χ2n) is 3.88. The van der Waals surface area contributed by atoms with Crippen LogP contribution in [-0.2, 0) is 0 Å². The van der Waals surface area contributed by atoms with Crippen LogP contribution in [0, 0.1) is 6.92 Å². The fourth-order valence-corrected chi connectivity index (χ4v) is 2.04. The first-order valence-corrected chi connectivity index (χ1v) is 6.14. The van der Waals surface area contributed by atoms with E-state index in [2.05, 4.69) is 26.2 Å². The molecule has 2 aromatic rings. The Kier molecular flexibility index (Phi) is 3.62. The van der Waals surface area contributed by atoms with Gasteiger partial charge in [0.05, 0.1) is 5.69 Å². The number of aromatic nitrogens is 1. The molecule has 1 aromatic carbocycles. The molecule has 4 nitrogen and oxygen atoms in total. The summed E-state index contributed by atoms with van der Waals surface area (Å²) in [4.78, 5) is 15.8. The van der Waals surface area contributed by atoms with E-state index in [-0.39, 0.29) is 5.91 Å². The first-order valence-electron chi connectivity index (χ1n) is 5.35. The van der Waals surface area contributed by atoms with Gasteiger partial charge in [0.1, 0.15) is 0 Å². The zero-order valence-electron chi connectivity index (χ0n) is 9.77. The maximum atomic E-state index is 12.0. The lowest BCUT2D eigenvalue weighted by atomic mass is 10.2. The SMILES string of the molecule is Cc1cc(Br)c(NC(=O)c2ccncc2)cc1N. The standard InChI is InChI=1S/C13H12BrN3O/c1-8-6-10(14)12(7-11(8)15)17-13(18)9-2-4-16-5-3-9/h2-7H,15H2,1H3,(H,17,18). The van der Waals surface area contributed by atoms with E-state index in [1.807, 2.05) is 13.0 Å². The van der Waals surface area contributed by atoms with Gasteiger partial charge in [-0.15, -0.1) is 0 Å². The zero-order valence-corrected chi connectivity index (χ0v) is 11.4. The molecule has 2 rings (SSSR count). The number of hydrogen-bond acceptors (Lipinski definition) is 3. The Labute approximate surface area is 113 Å². The molecule has 0 saturated heterocycles. The molecule has 1 amide bonds. The molecule has 3 N–H and O–H groups in total. The van der Waals surface area contributed by atoms with Crippen molar-refractivity contribution in [2.24, 2.45) is 0 Å². The smallest absolute Gasteiger partial charge is 0.255 e. The summed E-state index contributed by atoms with van der Waals surface area (Å²) in [6.07, 6.45) is 3.15. The second-order valence-corrected chi connectivity index (χ2v) is 4.73. The number of amides is 1. The normalized spacial score (nSPS) is 10.1. The minimum Gasteiger partial charge on any atom is -0.398 e. The number of anilines is 2. The van der Waals surface area contributed by atoms with Crippen LogP contribution in [-0.4, -0.2) is 10.9 Å². The third-order valence-electron chi connectivity index (χ3n) is 2.55. The first kappa shape index (κ1) is 12.6. The zero-order chi connectivity index (χ0) is 13.1. The van der Waals surface area contributed by atoms with Crippen molar-refractivity contribution in [2.45, 2.75) is 6.92 Å². The van der Waals surface area contributed by atoms with E-state index >= 15 is 0 Å². The molecule has 1 aromatic heterocycles. The molecule has 18 heavy (non-hydrogen) atoms. The van der Waals surface area contributed by atoms with Crippen molar-refractivity contribution >= 4 is 33.2 Å². The number of nitrogen functional groups attached to an aromatic ring is 1. The number of carbonyl (C=O) groups is 1. The highest BCUT2D eigenvalue weighted by Crippen LogP contribution is 2.28. The van der Waals surface area contributed by atoms with E-state index in [0.717, 1.165) is 10.0 Å². The number of carbonyl (C=O) groups excluding carboxylic acids is 1. The van der Waals surface area contributed by atoms with E-state index < -0.39 is 0 Å². The van der Waals surface area contributed by atoms with E-state index in [1.54, 1.807) is 30.6 Å². The van der Waals surface area contributed by atoms with Gasteiger partial charge in [-0.3, -0.25) is 9.78 Å². The van der Waals surface area contributed by atoms with Gasteiger partial charge in [0.2, 0.25) is 0 Å². The number of nitrogens with one attached hydrogen (secondary N) is 1. The number of aryl methyl sites for hydroxylation is 1. The molecule has 5 heteroatoms. The molecule has 0 unspecified atom stereocenters. The van der Waals surface area contributed by atoms with Crippen molar-refractivity contribution < 1.29 is 4.79 Å². The van der Waals surface area contributed by atoms with Crippen LogP contribution in [0.5, 0.6) is 0 Å². The van der Waals surface area contributed by atoms with Crippen LogP contribution in [0.15, 0.2) is 41.1 Å². The van der Waals surface area contributed by atoms with Gasteiger partial charge in [-0.25, -0.2) is 0 Å². The van der Waals surface area contributed by atoms with E-state index in [1.165, 1.54) is 0 Å². The molecular formula is C13H12BrN3O. The van der Waals surface area contributed by atoms with Crippen LogP contribution < -0.4 is 11.1 Å². The molecule has 1 heterocycles. The number of nitrogens with zero attached hydrogens (tertiary/aromatic N) is 1. The Morgan fingerprint density at radius 3 is 2.67 bits per heavy atom. The van der Waals surface area contributed by atoms with Crippen LogP contribution in [0.2, 0.25) is 0 Å². The predicted octanol–water partition coefficient (Wildman–Crippen LogP) is 2.99. The topological polar surface area (TPSA) is 68.0 Å². The fourth-order valence-electron chi connectivity index (χ4n) is 1.48. The lowest BCUT2D eigenvalue weighted by molar-refractivity contribution is 0.102. The van der Waals surface area contributed by atoms with Crippen LogP contribution in [0.25, 0.3) is 0 Å². The maximum absolute atomic E-state index is 12.0. The predicted molar refractivity (Wildman–Crippen MR) is 75.5 cm³/mol. The molecule has 0 aliphatic rings. The van der Waals surface area contributed by atoms with Crippen LogP contribution >= 0.6 is 15.9 Å². The van der Waals surface area contributed by atoms with Crippen molar-refractivity contribution in [3.05, 3.63) is 52.3 Å². The second kappa shape index (κ2) is 5.18. The monoisotopic (exact) mass is 305 g/mol. The number of hydrogen-bond donors (Lipinski definition) is 2. The molecule has 0 aliphatic carbocycles. The lowest BCUT2D eigenvalue weighted by Crippen LogP contribution is -2.12. The number of benzene rings is 1. The summed E-state index contributed by atoms with van der Waals surface area (Å²) < 4.78 is 0.802. The molecule has 92 valence electrons. The quantitative estimate of drug-likeness (QED) is 0.838. The fraction of sp³-hybridized carbons (Fsp3) is 0.0769. The summed E-state index contributed by atoms with van der Waals surface area (Å²) in [6.45, 7) is 1.91. The Morgan fingerprint density at radius 2 is 2.00 bits per heavy atom. The summed E-state index contributed by atoms with van der Waals surface area (Å²) in [5.74, 6) is -0.193. The summed E-state index contributed by atoms with van der Waals surface area (Å²) >= 11 is 3.40. The van der Waals surface area contributed by atoms with Gasteiger partial charge in [-0.2, -0.15) is 0 Å². The Bertz CT molecular complexity index is 584. The van der Waals surface area contributed by atoms with Crippen LogP contribution in [0.3, 0.4) is 0 Å². The maximum Gasteiger partial charge on any atom is 0.255 e. The molecule has 0 atom stereocenters. The van der Waals surface area contributed by atoms with Gasteiger partial charge in [0, 0.05) is 28.1 Å². The van der Waals surface area contributed by atoms with Gasteiger partial charge in [0.25, 0.3) is 5.91 Å². The van der Waals surface area contributed by atoms with Gasteiger partial charge in [0.15, 0.2) is 0 Å². The largest absolute Gasteiger partial charge is 0.398 e. The van der Waals surface area contributed by atoms with Crippen molar-refractivity contribution in [1.29, 1.82) is 0 Å². The highest BCUT2D eigenvalue weighted by atomic mass is 79.9. The average molecular weight is 306 g/mol. The van der Waals surface area contributed by atoms with Gasteiger partial charge < -0.3 is 11.1 Å². The Morgan fingerprint density at radius 1 is 1.33 bits per heavy atom. The molecule has 0 fully saturated rings.